The van der Waals surface area contributed by atoms with Crippen LogP contribution < -0.4 is 14.2 Å². The Morgan fingerprint density at radius 2 is 1.78 bits per heavy atom. The van der Waals surface area contributed by atoms with Gasteiger partial charge >= 0.3 is 5.97 Å². The molecule has 0 spiro atoms. The van der Waals surface area contributed by atoms with E-state index in [4.69, 9.17) is 19.3 Å². The Morgan fingerprint density at radius 1 is 1.28 bits per heavy atom. The fraction of sp³-hybridized carbons (Fsp3) is 0.364. The number of halogens is 2. The van der Waals surface area contributed by atoms with Gasteiger partial charge in [0, 0.05) is 0 Å². The van der Waals surface area contributed by atoms with Gasteiger partial charge in [0.05, 0.1) is 19.8 Å². The van der Waals surface area contributed by atoms with Gasteiger partial charge in [0.2, 0.25) is 5.75 Å². The number of methoxy groups -OCH3 is 2. The molecule has 0 radical (unpaired) electrons. The Balaban J connectivity index is 3.17. The zero-order chi connectivity index (χ0) is 13.7. The summed E-state index contributed by atoms with van der Waals surface area (Å²) in [6.45, 7) is -0.834. The third kappa shape index (κ3) is 3.22. The lowest BCUT2D eigenvalue weighted by Crippen LogP contribution is -2.09. The number of aromatic carboxylic acids is 1. The maximum atomic E-state index is 12.1. The van der Waals surface area contributed by atoms with Crippen LogP contribution in [0.15, 0.2) is 12.1 Å². The molecule has 1 N–H and O–H groups in total. The fourth-order valence-electron chi connectivity index (χ4n) is 1.29. The summed E-state index contributed by atoms with van der Waals surface area (Å²) in [6.07, 6.45) is -2.65. The quantitative estimate of drug-likeness (QED) is 0.849. The second-order valence-corrected chi connectivity index (χ2v) is 3.22. The number of hydrogen-bond donors (Lipinski definition) is 1. The van der Waals surface area contributed by atoms with Gasteiger partial charge in [-0.15, -0.1) is 0 Å². The number of hydrogen-bond acceptors (Lipinski definition) is 4. The van der Waals surface area contributed by atoms with Crippen LogP contribution in [-0.2, 0) is 0 Å². The average molecular weight is 262 g/mol. The van der Waals surface area contributed by atoms with E-state index in [9.17, 15) is 13.6 Å². The first kappa shape index (κ1) is 14.0. The van der Waals surface area contributed by atoms with Crippen molar-refractivity contribution in [2.45, 2.75) is 6.43 Å². The van der Waals surface area contributed by atoms with Crippen molar-refractivity contribution >= 4 is 5.97 Å². The van der Waals surface area contributed by atoms with Gasteiger partial charge in [-0.1, -0.05) is 0 Å². The van der Waals surface area contributed by atoms with Gasteiger partial charge in [-0.3, -0.25) is 0 Å². The minimum Gasteiger partial charge on any atom is -0.493 e. The molecule has 0 amide bonds. The van der Waals surface area contributed by atoms with E-state index in [-0.39, 0.29) is 22.8 Å². The predicted molar refractivity (Wildman–Crippen MR) is 58.0 cm³/mol. The minimum atomic E-state index is -2.65. The highest BCUT2D eigenvalue weighted by molar-refractivity contribution is 5.89. The SMILES string of the molecule is COc1cc(C(=O)O)cc(OC)c1OCC(F)F. The summed E-state index contributed by atoms with van der Waals surface area (Å²) in [5.41, 5.74) is -0.0897. The van der Waals surface area contributed by atoms with E-state index in [1.165, 1.54) is 26.4 Å². The number of carboxylic acids is 1. The second kappa shape index (κ2) is 6.04. The normalized spacial score (nSPS) is 10.3. The van der Waals surface area contributed by atoms with E-state index in [2.05, 4.69) is 0 Å². The highest BCUT2D eigenvalue weighted by Gasteiger charge is 2.18. The standard InChI is InChI=1S/C11H12F2O5/c1-16-7-3-6(11(14)15)4-8(17-2)10(7)18-5-9(12)13/h3-4,9H,5H2,1-2H3,(H,14,15). The summed E-state index contributed by atoms with van der Waals surface area (Å²) < 4.78 is 38.8. The summed E-state index contributed by atoms with van der Waals surface area (Å²) in [5, 5.41) is 8.86. The van der Waals surface area contributed by atoms with Crippen molar-refractivity contribution in [3.05, 3.63) is 17.7 Å². The number of alkyl halides is 2. The van der Waals surface area contributed by atoms with Gasteiger partial charge < -0.3 is 19.3 Å². The van der Waals surface area contributed by atoms with Crippen LogP contribution in [0.4, 0.5) is 8.78 Å². The summed E-state index contributed by atoms with van der Waals surface area (Å²) in [6, 6.07) is 2.34. The molecular formula is C11H12F2O5. The van der Waals surface area contributed by atoms with E-state index in [0.717, 1.165) is 0 Å². The Morgan fingerprint density at radius 3 is 2.11 bits per heavy atom. The Kier molecular flexibility index (Phi) is 4.70. The molecule has 100 valence electrons. The first-order valence-electron chi connectivity index (χ1n) is 4.89. The minimum absolute atomic E-state index is 0.0207. The lowest BCUT2D eigenvalue weighted by molar-refractivity contribution is 0.0692. The first-order chi connectivity index (χ1) is 8.49. The smallest absolute Gasteiger partial charge is 0.335 e. The monoisotopic (exact) mass is 262 g/mol. The molecule has 5 nitrogen and oxygen atoms in total. The maximum Gasteiger partial charge on any atom is 0.335 e. The summed E-state index contributed by atoms with van der Waals surface area (Å²) in [4.78, 5) is 10.8. The van der Waals surface area contributed by atoms with Crippen molar-refractivity contribution < 1.29 is 32.9 Å². The molecule has 0 heterocycles. The molecule has 0 fully saturated rings. The van der Waals surface area contributed by atoms with Crippen LogP contribution in [-0.4, -0.2) is 38.3 Å². The molecule has 0 saturated carbocycles. The highest BCUT2D eigenvalue weighted by Crippen LogP contribution is 2.38. The maximum absolute atomic E-state index is 12.1. The molecule has 0 atom stereocenters. The molecule has 0 aliphatic heterocycles. The molecule has 0 aromatic heterocycles. The summed E-state index contributed by atoms with van der Waals surface area (Å²) >= 11 is 0. The third-order valence-electron chi connectivity index (χ3n) is 2.06. The van der Waals surface area contributed by atoms with Gasteiger partial charge in [0.25, 0.3) is 6.43 Å². The molecule has 1 aromatic carbocycles. The molecular weight excluding hydrogens is 250 g/mol. The van der Waals surface area contributed by atoms with Gasteiger partial charge in [-0.25, -0.2) is 13.6 Å². The number of benzene rings is 1. The van der Waals surface area contributed by atoms with Crippen LogP contribution in [0.1, 0.15) is 10.4 Å². The number of ether oxygens (including phenoxy) is 3. The number of carboxylic acid groups (broad SMARTS) is 1. The average Bonchev–Trinajstić information content (AvgIpc) is 2.34. The lowest BCUT2D eigenvalue weighted by atomic mass is 10.2. The molecule has 18 heavy (non-hydrogen) atoms. The highest BCUT2D eigenvalue weighted by atomic mass is 19.3. The van der Waals surface area contributed by atoms with E-state index in [1.54, 1.807) is 0 Å². The predicted octanol–water partition coefficient (Wildman–Crippen LogP) is 2.05. The zero-order valence-electron chi connectivity index (χ0n) is 9.78. The van der Waals surface area contributed by atoms with Gasteiger partial charge in [-0.2, -0.15) is 0 Å². The molecule has 0 unspecified atom stereocenters. The van der Waals surface area contributed by atoms with Gasteiger partial charge in [0.1, 0.15) is 6.61 Å². The van der Waals surface area contributed by atoms with Crippen molar-refractivity contribution in [2.24, 2.45) is 0 Å². The van der Waals surface area contributed by atoms with Crippen LogP contribution in [0.3, 0.4) is 0 Å². The molecule has 1 aromatic rings. The van der Waals surface area contributed by atoms with Crippen LogP contribution in [0.2, 0.25) is 0 Å². The van der Waals surface area contributed by atoms with Crippen molar-refractivity contribution in [1.82, 2.24) is 0 Å². The van der Waals surface area contributed by atoms with Crippen molar-refractivity contribution in [3.63, 3.8) is 0 Å². The topological polar surface area (TPSA) is 65.0 Å². The Hall–Kier alpha value is -2.05. The zero-order valence-corrected chi connectivity index (χ0v) is 9.78. The molecule has 0 saturated heterocycles. The lowest BCUT2D eigenvalue weighted by Gasteiger charge is -2.14. The fourth-order valence-corrected chi connectivity index (χ4v) is 1.29. The summed E-state index contributed by atoms with van der Waals surface area (Å²) in [7, 11) is 2.55. The first-order valence-corrected chi connectivity index (χ1v) is 4.89. The van der Waals surface area contributed by atoms with Crippen molar-refractivity contribution in [3.8, 4) is 17.2 Å². The number of rotatable bonds is 6. The molecule has 0 bridgehead atoms. The molecule has 0 aliphatic carbocycles. The van der Waals surface area contributed by atoms with Crippen LogP contribution in [0.5, 0.6) is 17.2 Å². The van der Waals surface area contributed by atoms with Gasteiger partial charge in [0.15, 0.2) is 11.5 Å². The van der Waals surface area contributed by atoms with E-state index < -0.39 is 19.0 Å². The molecule has 1 rings (SSSR count). The molecule has 7 heteroatoms. The van der Waals surface area contributed by atoms with E-state index in [0.29, 0.717) is 0 Å². The van der Waals surface area contributed by atoms with Crippen LogP contribution >= 0.6 is 0 Å². The van der Waals surface area contributed by atoms with E-state index in [1.807, 2.05) is 0 Å². The second-order valence-electron chi connectivity index (χ2n) is 3.22. The summed E-state index contributed by atoms with van der Waals surface area (Å²) in [5.74, 6) is -1.20. The van der Waals surface area contributed by atoms with Crippen molar-refractivity contribution in [2.75, 3.05) is 20.8 Å². The van der Waals surface area contributed by atoms with Gasteiger partial charge in [-0.05, 0) is 12.1 Å². The van der Waals surface area contributed by atoms with Crippen molar-refractivity contribution in [1.29, 1.82) is 0 Å². The Labute approximate surface area is 102 Å². The van der Waals surface area contributed by atoms with E-state index >= 15 is 0 Å². The van der Waals surface area contributed by atoms with Crippen LogP contribution in [0, 0.1) is 0 Å². The number of carbonyl (C=O) groups is 1. The van der Waals surface area contributed by atoms with Crippen LogP contribution in [0.25, 0.3) is 0 Å². The Bertz CT molecular complexity index is 408. The third-order valence-corrected chi connectivity index (χ3v) is 2.06. The largest absolute Gasteiger partial charge is 0.493 e. The molecule has 0 aliphatic rings.